The van der Waals surface area contributed by atoms with Crippen LogP contribution < -0.4 is 0 Å². The van der Waals surface area contributed by atoms with Gasteiger partial charge >= 0.3 is 0 Å². The Bertz CT molecular complexity index is 805. The van der Waals surface area contributed by atoms with Crippen molar-refractivity contribution in [3.63, 3.8) is 0 Å². The van der Waals surface area contributed by atoms with E-state index in [2.05, 4.69) is 16.4 Å². The van der Waals surface area contributed by atoms with Crippen LogP contribution in [0.25, 0.3) is 5.69 Å². The lowest BCUT2D eigenvalue weighted by molar-refractivity contribution is 0.0779. The molecule has 0 aliphatic carbocycles. The van der Waals surface area contributed by atoms with Crippen molar-refractivity contribution in [3.8, 4) is 5.69 Å². The Morgan fingerprint density at radius 2 is 1.77 bits per heavy atom. The molecule has 0 spiro atoms. The van der Waals surface area contributed by atoms with Gasteiger partial charge < -0.3 is 9.47 Å². The van der Waals surface area contributed by atoms with Crippen molar-refractivity contribution >= 4 is 17.5 Å². The molecule has 2 aromatic rings. The lowest BCUT2D eigenvalue weighted by Crippen LogP contribution is -2.37. The zero-order chi connectivity index (χ0) is 18.3. The highest BCUT2D eigenvalue weighted by molar-refractivity contribution is 6.30. The summed E-state index contributed by atoms with van der Waals surface area (Å²) in [4.78, 5) is 17.8. The molecule has 138 valence electrons. The minimum Gasteiger partial charge on any atom is -0.337 e. The van der Waals surface area contributed by atoms with Gasteiger partial charge in [-0.1, -0.05) is 11.6 Å². The van der Waals surface area contributed by atoms with E-state index in [0.29, 0.717) is 6.04 Å². The van der Waals surface area contributed by atoms with Crippen LogP contribution in [0.15, 0.2) is 30.3 Å². The molecule has 0 saturated carbocycles. The minimum absolute atomic E-state index is 0.167. The molecule has 0 bridgehead atoms. The van der Waals surface area contributed by atoms with Gasteiger partial charge in [-0.15, -0.1) is 0 Å². The molecular weight excluding hydrogens is 346 g/mol. The van der Waals surface area contributed by atoms with Gasteiger partial charge in [0.25, 0.3) is 5.91 Å². The molecule has 2 saturated heterocycles. The first-order valence-corrected chi connectivity index (χ1v) is 9.90. The number of likely N-dealkylation sites (tertiary alicyclic amines) is 2. The third-order valence-electron chi connectivity index (χ3n) is 5.85. The van der Waals surface area contributed by atoms with E-state index >= 15 is 0 Å². The number of halogens is 1. The van der Waals surface area contributed by atoms with Crippen molar-refractivity contribution in [2.45, 2.75) is 39.2 Å². The highest BCUT2D eigenvalue weighted by atomic mass is 35.5. The molecule has 0 radical (unpaired) electrons. The van der Waals surface area contributed by atoms with Gasteiger partial charge in [-0.3, -0.25) is 9.69 Å². The van der Waals surface area contributed by atoms with E-state index in [9.17, 15) is 4.79 Å². The third-order valence-corrected chi connectivity index (χ3v) is 6.11. The summed E-state index contributed by atoms with van der Waals surface area (Å²) in [5.74, 6) is 0.167. The van der Waals surface area contributed by atoms with Crippen molar-refractivity contribution in [1.29, 1.82) is 0 Å². The van der Waals surface area contributed by atoms with Crippen LogP contribution in [0.4, 0.5) is 0 Å². The smallest absolute Gasteiger partial charge is 0.255 e. The molecule has 4 nitrogen and oxygen atoms in total. The van der Waals surface area contributed by atoms with Crippen LogP contribution in [0.3, 0.4) is 0 Å². The average molecular weight is 372 g/mol. The predicted molar refractivity (Wildman–Crippen MR) is 105 cm³/mol. The Morgan fingerprint density at radius 3 is 2.46 bits per heavy atom. The summed E-state index contributed by atoms with van der Waals surface area (Å²) < 4.78 is 2.14. The van der Waals surface area contributed by atoms with Crippen molar-refractivity contribution in [1.82, 2.24) is 14.4 Å². The van der Waals surface area contributed by atoms with Crippen molar-refractivity contribution in [3.05, 3.63) is 52.3 Å². The number of carbonyl (C=O) groups excluding carboxylic acids is 1. The minimum atomic E-state index is 0.167. The summed E-state index contributed by atoms with van der Waals surface area (Å²) in [6.07, 6.45) is 3.70. The van der Waals surface area contributed by atoms with Gasteiger partial charge in [0, 0.05) is 41.2 Å². The zero-order valence-electron chi connectivity index (χ0n) is 15.5. The van der Waals surface area contributed by atoms with Crippen LogP contribution in [0.1, 0.15) is 41.0 Å². The Kier molecular flexibility index (Phi) is 4.80. The van der Waals surface area contributed by atoms with Crippen LogP contribution >= 0.6 is 11.6 Å². The van der Waals surface area contributed by atoms with Gasteiger partial charge in [-0.25, -0.2) is 0 Å². The second-order valence-electron chi connectivity index (χ2n) is 7.53. The molecule has 5 heteroatoms. The Morgan fingerprint density at radius 1 is 1.08 bits per heavy atom. The molecule has 2 fully saturated rings. The normalized spacial score (nSPS) is 20.9. The Labute approximate surface area is 160 Å². The largest absolute Gasteiger partial charge is 0.337 e. The van der Waals surface area contributed by atoms with Gasteiger partial charge in [0.2, 0.25) is 0 Å². The second kappa shape index (κ2) is 7.09. The van der Waals surface area contributed by atoms with Crippen LogP contribution in [0.5, 0.6) is 0 Å². The fraction of sp³-hybridized carbons (Fsp3) is 0.476. The number of hydrogen-bond donors (Lipinski definition) is 0. The van der Waals surface area contributed by atoms with E-state index in [1.807, 2.05) is 42.2 Å². The summed E-state index contributed by atoms with van der Waals surface area (Å²) in [6, 6.07) is 10.3. The van der Waals surface area contributed by atoms with Crippen LogP contribution in [-0.2, 0) is 0 Å². The van der Waals surface area contributed by atoms with Crippen molar-refractivity contribution < 1.29 is 4.79 Å². The Hall–Kier alpha value is -1.78. The number of nitrogens with zero attached hydrogens (tertiary/aromatic N) is 3. The molecule has 3 heterocycles. The van der Waals surface area contributed by atoms with Crippen molar-refractivity contribution in [2.75, 3.05) is 26.2 Å². The maximum absolute atomic E-state index is 13.2. The van der Waals surface area contributed by atoms with Gasteiger partial charge in [0.15, 0.2) is 0 Å². The van der Waals surface area contributed by atoms with E-state index in [0.717, 1.165) is 47.2 Å². The lowest BCUT2D eigenvalue weighted by atomic mass is 10.2. The first-order chi connectivity index (χ1) is 12.5. The number of rotatable bonds is 3. The molecule has 1 unspecified atom stereocenters. The number of aryl methyl sites for hydroxylation is 1. The van der Waals surface area contributed by atoms with Crippen LogP contribution in [-0.4, -0.2) is 52.5 Å². The topological polar surface area (TPSA) is 28.5 Å². The van der Waals surface area contributed by atoms with Crippen LogP contribution in [0, 0.1) is 13.8 Å². The van der Waals surface area contributed by atoms with Gasteiger partial charge in [-0.05, 0) is 76.5 Å². The highest BCUT2D eigenvalue weighted by Crippen LogP contribution is 2.26. The number of hydrogen-bond acceptors (Lipinski definition) is 2. The van der Waals surface area contributed by atoms with Gasteiger partial charge in [0.1, 0.15) is 0 Å². The van der Waals surface area contributed by atoms with E-state index in [-0.39, 0.29) is 5.91 Å². The van der Waals surface area contributed by atoms with Gasteiger partial charge in [0.05, 0.1) is 5.56 Å². The van der Waals surface area contributed by atoms with E-state index in [1.54, 1.807) is 0 Å². The first-order valence-electron chi connectivity index (χ1n) is 9.53. The molecule has 1 aromatic heterocycles. The summed E-state index contributed by atoms with van der Waals surface area (Å²) in [5.41, 5.74) is 3.93. The Balaban J connectivity index is 1.55. The molecule has 4 rings (SSSR count). The van der Waals surface area contributed by atoms with E-state index < -0.39 is 0 Å². The summed E-state index contributed by atoms with van der Waals surface area (Å²) in [6.45, 7) is 8.20. The number of carbonyl (C=O) groups is 1. The van der Waals surface area contributed by atoms with Gasteiger partial charge in [-0.2, -0.15) is 0 Å². The highest BCUT2D eigenvalue weighted by Gasteiger charge is 2.33. The van der Waals surface area contributed by atoms with Crippen molar-refractivity contribution in [2.24, 2.45) is 0 Å². The fourth-order valence-electron chi connectivity index (χ4n) is 4.47. The molecular formula is C21H26ClN3O. The molecule has 26 heavy (non-hydrogen) atoms. The number of aromatic nitrogens is 1. The summed E-state index contributed by atoms with van der Waals surface area (Å²) in [5, 5.41) is 0.720. The number of benzene rings is 1. The summed E-state index contributed by atoms with van der Waals surface area (Å²) in [7, 11) is 0. The molecule has 1 atom stereocenters. The lowest BCUT2D eigenvalue weighted by Gasteiger charge is -2.23. The van der Waals surface area contributed by atoms with E-state index in [1.165, 1.54) is 25.9 Å². The zero-order valence-corrected chi connectivity index (χ0v) is 16.3. The molecule has 1 aromatic carbocycles. The maximum atomic E-state index is 13.2. The first kappa shape index (κ1) is 17.6. The van der Waals surface area contributed by atoms with Crippen LogP contribution in [0.2, 0.25) is 5.02 Å². The van der Waals surface area contributed by atoms with E-state index in [4.69, 9.17) is 11.6 Å². The molecule has 2 aliphatic rings. The third kappa shape index (κ3) is 3.17. The summed E-state index contributed by atoms with van der Waals surface area (Å²) >= 11 is 6.01. The number of amides is 1. The molecule has 0 N–H and O–H groups in total. The molecule has 2 aliphatic heterocycles. The maximum Gasteiger partial charge on any atom is 0.255 e. The quantitative estimate of drug-likeness (QED) is 0.814. The average Bonchev–Trinajstić information content (AvgIpc) is 3.35. The standard InChI is InChI=1S/C21H26ClN3O/c1-15-13-20(16(2)25(15)18-7-5-17(22)6-8-18)21(26)24-12-9-19(14-24)23-10-3-4-11-23/h5-8,13,19H,3-4,9-12,14H2,1-2H3. The predicted octanol–water partition coefficient (Wildman–Crippen LogP) is 4.06. The molecule has 1 amide bonds. The SMILES string of the molecule is Cc1cc(C(=O)N2CCC(N3CCCC3)C2)c(C)n1-c1ccc(Cl)cc1. The fourth-order valence-corrected chi connectivity index (χ4v) is 4.59. The second-order valence-corrected chi connectivity index (χ2v) is 7.97. The monoisotopic (exact) mass is 371 g/mol.